The minimum Gasteiger partial charge on any atom is -0.381 e. The molecule has 0 aromatic heterocycles. The number of carbonyl (C=O) groups is 3. The van der Waals surface area contributed by atoms with Gasteiger partial charge in [0, 0.05) is 44.9 Å². The molecule has 0 saturated heterocycles. The molecule has 0 bridgehead atoms. The number of ether oxygens (including phenoxy) is 1. The van der Waals surface area contributed by atoms with Crippen LogP contribution in [-0.4, -0.2) is 49.7 Å². The summed E-state index contributed by atoms with van der Waals surface area (Å²) in [6, 6.07) is 0. The van der Waals surface area contributed by atoms with Crippen molar-refractivity contribution in [2.75, 3.05) is 26.8 Å². The summed E-state index contributed by atoms with van der Waals surface area (Å²) in [5, 5.41) is 0. The van der Waals surface area contributed by atoms with Gasteiger partial charge >= 0.3 is 0 Å². The molecule has 22 heavy (non-hydrogen) atoms. The van der Waals surface area contributed by atoms with Gasteiger partial charge in [0.25, 0.3) is 0 Å². The van der Waals surface area contributed by atoms with E-state index in [1.54, 1.807) is 18.9 Å². The molecule has 0 fully saturated rings. The molecule has 5 heteroatoms. The lowest BCUT2D eigenvalue weighted by atomic mass is 10.1. The first-order valence-electron chi connectivity index (χ1n) is 8.19. The molecule has 0 heterocycles. The summed E-state index contributed by atoms with van der Waals surface area (Å²) in [5.74, 6) is 0.114. The van der Waals surface area contributed by atoms with Crippen LogP contribution in [0.5, 0.6) is 0 Å². The first-order chi connectivity index (χ1) is 10.4. The normalized spacial score (nSPS) is 12.2. The van der Waals surface area contributed by atoms with E-state index in [1.165, 1.54) is 0 Å². The molecule has 0 aliphatic heterocycles. The maximum absolute atomic E-state index is 11.9. The van der Waals surface area contributed by atoms with Crippen LogP contribution in [0.4, 0.5) is 0 Å². The molecule has 5 nitrogen and oxygen atoms in total. The summed E-state index contributed by atoms with van der Waals surface area (Å²) in [7, 11) is 1.78. The number of Topliss-reactive ketones (excluding diaryl/α,β-unsaturated/α-hetero) is 1. The Morgan fingerprint density at radius 3 is 2.36 bits per heavy atom. The van der Waals surface area contributed by atoms with E-state index in [1.807, 2.05) is 13.8 Å². The zero-order valence-electron chi connectivity index (χ0n) is 14.5. The second-order valence-electron chi connectivity index (χ2n) is 6.11. The smallest absolute Gasteiger partial charge is 0.225 e. The van der Waals surface area contributed by atoms with Crippen LogP contribution in [0.15, 0.2) is 0 Å². The minimum absolute atomic E-state index is 0.0237. The summed E-state index contributed by atoms with van der Waals surface area (Å²) >= 11 is 0. The van der Waals surface area contributed by atoms with Gasteiger partial charge < -0.3 is 14.4 Å². The SMILES string of the molecule is CC(C)C(=O)CCOCCCCCN(C)C(=O)C(C)CC=O. The molecule has 0 aliphatic carbocycles. The number of carbonyl (C=O) groups excluding carboxylic acids is 3. The quantitative estimate of drug-likeness (QED) is 0.387. The first-order valence-corrected chi connectivity index (χ1v) is 8.19. The molecule has 0 radical (unpaired) electrons. The highest BCUT2D eigenvalue weighted by atomic mass is 16.5. The summed E-state index contributed by atoms with van der Waals surface area (Å²) < 4.78 is 5.44. The fourth-order valence-corrected chi connectivity index (χ4v) is 2.02. The van der Waals surface area contributed by atoms with Gasteiger partial charge in [-0.2, -0.15) is 0 Å². The van der Waals surface area contributed by atoms with Gasteiger partial charge in [-0.15, -0.1) is 0 Å². The predicted molar refractivity (Wildman–Crippen MR) is 86.6 cm³/mol. The molecule has 0 saturated carbocycles. The van der Waals surface area contributed by atoms with Crippen molar-refractivity contribution in [1.29, 1.82) is 0 Å². The van der Waals surface area contributed by atoms with E-state index < -0.39 is 0 Å². The van der Waals surface area contributed by atoms with Crippen molar-refractivity contribution in [1.82, 2.24) is 4.90 Å². The fraction of sp³-hybridized carbons (Fsp3) is 0.824. The van der Waals surface area contributed by atoms with Gasteiger partial charge in [-0.25, -0.2) is 0 Å². The number of nitrogens with zero attached hydrogens (tertiary/aromatic N) is 1. The van der Waals surface area contributed by atoms with Crippen molar-refractivity contribution in [3.63, 3.8) is 0 Å². The predicted octanol–water partition coefficient (Wildman–Crippen LogP) is 2.47. The molecule has 0 aromatic carbocycles. The van der Waals surface area contributed by atoms with Crippen LogP contribution < -0.4 is 0 Å². The van der Waals surface area contributed by atoms with Crippen LogP contribution >= 0.6 is 0 Å². The van der Waals surface area contributed by atoms with Crippen molar-refractivity contribution < 1.29 is 19.1 Å². The average molecular weight is 313 g/mol. The summed E-state index contributed by atoms with van der Waals surface area (Å²) in [4.78, 5) is 35.3. The highest BCUT2D eigenvalue weighted by Gasteiger charge is 2.16. The molecule has 0 rings (SSSR count). The van der Waals surface area contributed by atoms with E-state index in [2.05, 4.69) is 0 Å². The van der Waals surface area contributed by atoms with E-state index in [0.29, 0.717) is 26.2 Å². The lowest BCUT2D eigenvalue weighted by Gasteiger charge is -2.20. The van der Waals surface area contributed by atoms with Crippen molar-refractivity contribution in [3.8, 4) is 0 Å². The third-order valence-electron chi connectivity index (χ3n) is 3.67. The van der Waals surface area contributed by atoms with Crippen molar-refractivity contribution in [2.45, 2.75) is 52.9 Å². The Morgan fingerprint density at radius 1 is 1.09 bits per heavy atom. The van der Waals surface area contributed by atoms with E-state index in [0.717, 1.165) is 25.5 Å². The van der Waals surface area contributed by atoms with Crippen LogP contribution in [-0.2, 0) is 19.1 Å². The lowest BCUT2D eigenvalue weighted by molar-refractivity contribution is -0.135. The Balaban J connectivity index is 3.55. The maximum atomic E-state index is 11.9. The van der Waals surface area contributed by atoms with Crippen LogP contribution in [0.1, 0.15) is 52.9 Å². The van der Waals surface area contributed by atoms with Crippen LogP contribution in [0.25, 0.3) is 0 Å². The Hall–Kier alpha value is -1.23. The molecule has 0 spiro atoms. The van der Waals surface area contributed by atoms with Crippen LogP contribution in [0.3, 0.4) is 0 Å². The molecule has 0 aromatic rings. The summed E-state index contributed by atoms with van der Waals surface area (Å²) in [6.07, 6.45) is 4.40. The van der Waals surface area contributed by atoms with Gasteiger partial charge in [-0.3, -0.25) is 9.59 Å². The number of rotatable bonds is 13. The Kier molecular flexibility index (Phi) is 11.6. The molecule has 0 aliphatic rings. The zero-order chi connectivity index (χ0) is 17.0. The van der Waals surface area contributed by atoms with Crippen LogP contribution in [0.2, 0.25) is 0 Å². The Labute approximate surface area is 134 Å². The van der Waals surface area contributed by atoms with E-state index in [4.69, 9.17) is 4.74 Å². The lowest BCUT2D eigenvalue weighted by Crippen LogP contribution is -2.32. The van der Waals surface area contributed by atoms with Crippen molar-refractivity contribution in [2.24, 2.45) is 11.8 Å². The van der Waals surface area contributed by atoms with Gasteiger partial charge in [0.2, 0.25) is 5.91 Å². The van der Waals surface area contributed by atoms with Gasteiger partial charge in [-0.1, -0.05) is 20.8 Å². The monoisotopic (exact) mass is 313 g/mol. The standard InChI is InChI=1S/C17H31NO4/c1-14(2)16(20)9-13-22-12-7-5-6-10-18(4)17(21)15(3)8-11-19/h11,14-15H,5-10,12-13H2,1-4H3. The number of aldehydes is 1. The van der Waals surface area contributed by atoms with E-state index in [9.17, 15) is 14.4 Å². The van der Waals surface area contributed by atoms with Crippen molar-refractivity contribution in [3.05, 3.63) is 0 Å². The average Bonchev–Trinajstić information content (AvgIpc) is 2.48. The number of unbranched alkanes of at least 4 members (excludes halogenated alkanes) is 2. The molecular formula is C17H31NO4. The zero-order valence-corrected chi connectivity index (χ0v) is 14.5. The summed E-state index contributed by atoms with van der Waals surface area (Å²) in [6.45, 7) is 7.43. The molecular weight excluding hydrogens is 282 g/mol. The first kappa shape index (κ1) is 20.8. The number of amides is 1. The van der Waals surface area contributed by atoms with E-state index >= 15 is 0 Å². The second kappa shape index (κ2) is 12.3. The van der Waals surface area contributed by atoms with Gasteiger partial charge in [0.05, 0.1) is 6.61 Å². The second-order valence-corrected chi connectivity index (χ2v) is 6.11. The number of hydrogen-bond donors (Lipinski definition) is 0. The molecule has 0 N–H and O–H groups in total. The molecule has 1 amide bonds. The van der Waals surface area contributed by atoms with Gasteiger partial charge in [0.1, 0.15) is 12.1 Å². The molecule has 1 unspecified atom stereocenters. The topological polar surface area (TPSA) is 63.7 Å². The number of ketones is 1. The van der Waals surface area contributed by atoms with Crippen LogP contribution in [0, 0.1) is 11.8 Å². The minimum atomic E-state index is -0.232. The third-order valence-corrected chi connectivity index (χ3v) is 3.67. The third kappa shape index (κ3) is 9.66. The largest absolute Gasteiger partial charge is 0.381 e. The maximum Gasteiger partial charge on any atom is 0.225 e. The van der Waals surface area contributed by atoms with Gasteiger partial charge in [0.15, 0.2) is 0 Å². The summed E-state index contributed by atoms with van der Waals surface area (Å²) in [5.41, 5.74) is 0. The molecule has 1 atom stereocenters. The Morgan fingerprint density at radius 2 is 1.77 bits per heavy atom. The van der Waals surface area contributed by atoms with E-state index in [-0.39, 0.29) is 29.9 Å². The van der Waals surface area contributed by atoms with Gasteiger partial charge in [-0.05, 0) is 19.3 Å². The fourth-order valence-electron chi connectivity index (χ4n) is 2.02. The highest BCUT2D eigenvalue weighted by Crippen LogP contribution is 2.06. The Bertz CT molecular complexity index is 342. The molecule has 128 valence electrons. The van der Waals surface area contributed by atoms with Crippen molar-refractivity contribution >= 4 is 18.0 Å². The number of hydrogen-bond acceptors (Lipinski definition) is 4. The highest BCUT2D eigenvalue weighted by molar-refractivity contribution is 5.80.